The highest BCUT2D eigenvalue weighted by molar-refractivity contribution is 7.51. The molecule has 0 bridgehead atoms. The number of nitrogens with zero attached hydrogens (tertiary/aromatic N) is 1. The van der Waals surface area contributed by atoms with Crippen LogP contribution < -0.4 is 0 Å². The van der Waals surface area contributed by atoms with Crippen LogP contribution in [0.5, 0.6) is 0 Å². The van der Waals surface area contributed by atoms with Crippen LogP contribution in [0.15, 0.2) is 4.76 Å². The summed E-state index contributed by atoms with van der Waals surface area (Å²) in [4.78, 5) is 0. The molecule has 0 aliphatic carbocycles. The maximum absolute atomic E-state index is 11.6. The van der Waals surface area contributed by atoms with E-state index in [2.05, 4.69) is 14.2 Å². The molecule has 4 nitrogen and oxygen atoms in total. The zero-order valence-electron chi connectivity index (χ0n) is 5.38. The monoisotopic (exact) mass is 173 g/mol. The standard InChI is InChI=1S/C3H6F2NO3P/c1-8-3(9-2)6-10(4,5)7/h1-2H3. The zero-order chi connectivity index (χ0) is 8.20. The van der Waals surface area contributed by atoms with Gasteiger partial charge < -0.3 is 9.47 Å². The van der Waals surface area contributed by atoms with Crippen molar-refractivity contribution in [3.63, 3.8) is 0 Å². The lowest BCUT2D eigenvalue weighted by Gasteiger charge is -1.99. The van der Waals surface area contributed by atoms with Crippen LogP contribution >= 0.6 is 7.91 Å². The largest absolute Gasteiger partial charge is 0.535 e. The third-order valence-electron chi connectivity index (χ3n) is 0.547. The second-order valence-electron chi connectivity index (χ2n) is 1.21. The summed E-state index contributed by atoms with van der Waals surface area (Å²) in [5, 5.41) is 0. The van der Waals surface area contributed by atoms with E-state index >= 15 is 0 Å². The van der Waals surface area contributed by atoms with E-state index in [1.54, 1.807) is 0 Å². The van der Waals surface area contributed by atoms with E-state index in [1.165, 1.54) is 0 Å². The van der Waals surface area contributed by atoms with Gasteiger partial charge in [-0.3, -0.25) is 0 Å². The smallest absolute Gasteiger partial charge is 0.454 e. The van der Waals surface area contributed by atoms with Crippen LogP contribution in [0.3, 0.4) is 0 Å². The van der Waals surface area contributed by atoms with Crippen LogP contribution in [0.2, 0.25) is 0 Å². The molecule has 7 heteroatoms. The van der Waals surface area contributed by atoms with Crippen LogP contribution in [0, 0.1) is 0 Å². The molecular formula is C3H6F2NO3P. The van der Waals surface area contributed by atoms with E-state index in [-0.39, 0.29) is 0 Å². The highest BCUT2D eigenvalue weighted by atomic mass is 31.2. The van der Waals surface area contributed by atoms with E-state index in [0.29, 0.717) is 0 Å². The van der Waals surface area contributed by atoms with Gasteiger partial charge >= 0.3 is 14.0 Å². The van der Waals surface area contributed by atoms with Crippen molar-refractivity contribution in [2.75, 3.05) is 14.2 Å². The lowest BCUT2D eigenvalue weighted by atomic mass is 11.2. The molecule has 0 aliphatic rings. The quantitative estimate of drug-likeness (QED) is 0.344. The van der Waals surface area contributed by atoms with Crippen molar-refractivity contribution >= 4 is 14.0 Å². The van der Waals surface area contributed by atoms with E-state index in [9.17, 15) is 13.0 Å². The van der Waals surface area contributed by atoms with Crippen LogP contribution in [0.25, 0.3) is 0 Å². The Hall–Kier alpha value is -0.640. The van der Waals surface area contributed by atoms with Gasteiger partial charge in [0.25, 0.3) is 0 Å². The van der Waals surface area contributed by atoms with E-state index < -0.39 is 14.0 Å². The Labute approximate surface area is 56.5 Å². The van der Waals surface area contributed by atoms with Crippen molar-refractivity contribution in [2.24, 2.45) is 4.76 Å². The third-order valence-corrected chi connectivity index (χ3v) is 0.943. The van der Waals surface area contributed by atoms with Crippen molar-refractivity contribution in [3.05, 3.63) is 0 Å². The fraction of sp³-hybridized carbons (Fsp3) is 0.667. The predicted molar refractivity (Wildman–Crippen MR) is 31.3 cm³/mol. The topological polar surface area (TPSA) is 47.9 Å². The van der Waals surface area contributed by atoms with E-state index in [4.69, 9.17) is 0 Å². The molecule has 0 N–H and O–H groups in total. The minimum absolute atomic E-state index is 0.687. The third kappa shape index (κ3) is 4.26. The molecule has 0 saturated carbocycles. The maximum atomic E-state index is 11.6. The lowest BCUT2D eigenvalue weighted by Crippen LogP contribution is -2.01. The Balaban J connectivity index is 4.26. The molecule has 0 aromatic heterocycles. The first-order valence-corrected chi connectivity index (χ1v) is 3.61. The number of rotatable bonds is 1. The van der Waals surface area contributed by atoms with Gasteiger partial charge in [0, 0.05) is 0 Å². The Morgan fingerprint density at radius 1 is 1.40 bits per heavy atom. The molecule has 0 saturated heterocycles. The van der Waals surface area contributed by atoms with Crippen molar-refractivity contribution in [1.82, 2.24) is 0 Å². The SMILES string of the molecule is COC(=NP(=O)(F)F)OC. The molecule has 0 fully saturated rings. The molecule has 0 atom stereocenters. The van der Waals surface area contributed by atoms with Gasteiger partial charge in [-0.25, -0.2) is 4.57 Å². The van der Waals surface area contributed by atoms with E-state index in [0.717, 1.165) is 14.2 Å². The number of methoxy groups -OCH3 is 2. The molecule has 0 heterocycles. The van der Waals surface area contributed by atoms with Crippen molar-refractivity contribution < 1.29 is 22.4 Å². The lowest BCUT2D eigenvalue weighted by molar-refractivity contribution is 0.243. The Kier molecular flexibility index (Phi) is 3.28. The first kappa shape index (κ1) is 9.36. The fourth-order valence-electron chi connectivity index (χ4n) is 0.260. The number of hydrogen-bond acceptors (Lipinski definition) is 3. The first-order valence-electron chi connectivity index (χ1n) is 2.17. The summed E-state index contributed by atoms with van der Waals surface area (Å²) < 4.78 is 43.4. The summed E-state index contributed by atoms with van der Waals surface area (Å²) in [5.74, 6) is 0. The van der Waals surface area contributed by atoms with Crippen LogP contribution in [0.4, 0.5) is 8.39 Å². The summed E-state index contributed by atoms with van der Waals surface area (Å²) in [6, 6.07) is 0. The minimum Gasteiger partial charge on any atom is -0.454 e. The van der Waals surface area contributed by atoms with Gasteiger partial charge in [-0.05, 0) is 0 Å². The van der Waals surface area contributed by atoms with Crippen LogP contribution in [-0.2, 0) is 14.0 Å². The Morgan fingerprint density at radius 3 is 1.90 bits per heavy atom. The van der Waals surface area contributed by atoms with Gasteiger partial charge in [-0.15, -0.1) is 8.39 Å². The van der Waals surface area contributed by atoms with Gasteiger partial charge in [0.05, 0.1) is 14.2 Å². The van der Waals surface area contributed by atoms with Crippen molar-refractivity contribution in [3.8, 4) is 0 Å². The molecule has 0 aromatic rings. The van der Waals surface area contributed by atoms with Gasteiger partial charge in [0.2, 0.25) is 0 Å². The molecule has 60 valence electrons. The van der Waals surface area contributed by atoms with Crippen molar-refractivity contribution in [1.29, 1.82) is 0 Å². The summed E-state index contributed by atoms with van der Waals surface area (Å²) >= 11 is 0. The van der Waals surface area contributed by atoms with Gasteiger partial charge in [-0.1, -0.05) is 4.76 Å². The van der Waals surface area contributed by atoms with Crippen LogP contribution in [-0.4, -0.2) is 20.3 Å². The summed E-state index contributed by atoms with van der Waals surface area (Å²) in [5.41, 5.74) is 0. The molecule has 0 radical (unpaired) electrons. The van der Waals surface area contributed by atoms with Gasteiger partial charge in [0.15, 0.2) is 0 Å². The van der Waals surface area contributed by atoms with Gasteiger partial charge in [0.1, 0.15) is 0 Å². The average molecular weight is 173 g/mol. The molecular weight excluding hydrogens is 167 g/mol. The van der Waals surface area contributed by atoms with Gasteiger partial charge in [-0.2, -0.15) is 0 Å². The highest BCUT2D eigenvalue weighted by Gasteiger charge is 2.19. The predicted octanol–water partition coefficient (Wildman–Crippen LogP) is 1.68. The minimum atomic E-state index is -5.42. The Morgan fingerprint density at radius 2 is 1.80 bits per heavy atom. The number of hydrogen-bond donors (Lipinski definition) is 0. The van der Waals surface area contributed by atoms with Crippen molar-refractivity contribution in [2.45, 2.75) is 0 Å². The molecule has 0 amide bonds. The maximum Gasteiger partial charge on any atom is 0.535 e. The average Bonchev–Trinajstić information content (AvgIpc) is 1.81. The van der Waals surface area contributed by atoms with Crippen LogP contribution in [0.1, 0.15) is 0 Å². The molecule has 0 unspecified atom stereocenters. The van der Waals surface area contributed by atoms with E-state index in [1.807, 2.05) is 0 Å². The number of ether oxygens (including phenoxy) is 2. The molecule has 0 aliphatic heterocycles. The summed E-state index contributed by atoms with van der Waals surface area (Å²) in [6.07, 6.45) is -0.687. The molecule has 0 rings (SSSR count). The molecule has 10 heavy (non-hydrogen) atoms. The second-order valence-corrected chi connectivity index (χ2v) is 2.28. The second kappa shape index (κ2) is 3.51. The Bertz CT molecular complexity index is 171. The number of halogens is 2. The molecule has 0 aromatic carbocycles. The first-order chi connectivity index (χ1) is 4.49. The normalized spacial score (nSPS) is 10.4. The fourth-order valence-corrected chi connectivity index (χ4v) is 0.613. The molecule has 0 spiro atoms. The summed E-state index contributed by atoms with van der Waals surface area (Å²) in [6.45, 7) is 0. The highest BCUT2D eigenvalue weighted by Crippen LogP contribution is 2.50. The summed E-state index contributed by atoms with van der Waals surface area (Å²) in [7, 11) is -3.25. The zero-order valence-corrected chi connectivity index (χ0v) is 6.27.